The summed E-state index contributed by atoms with van der Waals surface area (Å²) in [5, 5.41) is 2.94. The third kappa shape index (κ3) is 6.36. The molecule has 0 bridgehead atoms. The van der Waals surface area contributed by atoms with Gasteiger partial charge in [-0.15, -0.1) is 0 Å². The van der Waals surface area contributed by atoms with E-state index in [2.05, 4.69) is 5.32 Å². The quantitative estimate of drug-likeness (QED) is 0.564. The number of aryl methyl sites for hydroxylation is 1. The molecule has 3 rings (SSSR count). The summed E-state index contributed by atoms with van der Waals surface area (Å²) >= 11 is 0. The van der Waals surface area contributed by atoms with Crippen molar-refractivity contribution in [2.75, 3.05) is 26.0 Å². The standard InChI is InChI=1S/C25H28N2O3/c1-19-8-7-11-22(14-19)26-25(28)17-27(2)16-21-12-13-23(24(15-21)29-3)30-18-20-9-5-4-6-10-20/h4-15H,16-18H2,1-3H3,(H,26,28). The van der Waals surface area contributed by atoms with Crippen LogP contribution in [-0.4, -0.2) is 31.5 Å². The fourth-order valence-electron chi connectivity index (χ4n) is 3.20. The van der Waals surface area contributed by atoms with Crippen molar-refractivity contribution in [3.8, 4) is 11.5 Å². The van der Waals surface area contributed by atoms with Crippen LogP contribution in [0.3, 0.4) is 0 Å². The second kappa shape index (κ2) is 10.5. The lowest BCUT2D eigenvalue weighted by Crippen LogP contribution is -2.29. The molecule has 5 heteroatoms. The third-order valence-electron chi connectivity index (χ3n) is 4.63. The Balaban J connectivity index is 1.55. The maximum Gasteiger partial charge on any atom is 0.238 e. The summed E-state index contributed by atoms with van der Waals surface area (Å²) in [6, 6.07) is 23.7. The molecule has 0 aliphatic heterocycles. The van der Waals surface area contributed by atoms with Crippen molar-refractivity contribution >= 4 is 11.6 Å². The second-order valence-electron chi connectivity index (χ2n) is 7.35. The zero-order valence-electron chi connectivity index (χ0n) is 17.7. The monoisotopic (exact) mass is 404 g/mol. The van der Waals surface area contributed by atoms with Crippen molar-refractivity contribution in [1.29, 1.82) is 0 Å². The average molecular weight is 405 g/mol. The molecule has 0 aliphatic rings. The molecule has 0 atom stereocenters. The van der Waals surface area contributed by atoms with Gasteiger partial charge in [0.2, 0.25) is 5.91 Å². The summed E-state index contributed by atoms with van der Waals surface area (Å²) in [6.45, 7) is 3.40. The fraction of sp³-hybridized carbons (Fsp3) is 0.240. The van der Waals surface area contributed by atoms with Gasteiger partial charge in [0.1, 0.15) is 6.61 Å². The number of likely N-dealkylation sites (N-methyl/N-ethyl adjacent to an activating group) is 1. The molecule has 0 fully saturated rings. The number of hydrogen-bond donors (Lipinski definition) is 1. The Morgan fingerprint density at radius 3 is 2.47 bits per heavy atom. The zero-order valence-corrected chi connectivity index (χ0v) is 17.7. The number of benzene rings is 3. The minimum atomic E-state index is -0.0436. The van der Waals surface area contributed by atoms with Crippen LogP contribution in [0.15, 0.2) is 72.8 Å². The van der Waals surface area contributed by atoms with Crippen LogP contribution in [-0.2, 0) is 17.9 Å². The van der Waals surface area contributed by atoms with Gasteiger partial charge in [-0.2, -0.15) is 0 Å². The van der Waals surface area contributed by atoms with Crippen LogP contribution < -0.4 is 14.8 Å². The molecule has 1 N–H and O–H groups in total. The molecule has 1 amide bonds. The smallest absolute Gasteiger partial charge is 0.238 e. The minimum Gasteiger partial charge on any atom is -0.493 e. The van der Waals surface area contributed by atoms with Crippen molar-refractivity contribution in [2.24, 2.45) is 0 Å². The van der Waals surface area contributed by atoms with Crippen LogP contribution in [0.2, 0.25) is 0 Å². The van der Waals surface area contributed by atoms with E-state index in [1.54, 1.807) is 7.11 Å². The molecule has 156 valence electrons. The molecule has 30 heavy (non-hydrogen) atoms. The van der Waals surface area contributed by atoms with Gasteiger partial charge < -0.3 is 14.8 Å². The maximum absolute atomic E-state index is 12.3. The Labute approximate surface area is 178 Å². The van der Waals surface area contributed by atoms with Crippen LogP contribution in [0.25, 0.3) is 0 Å². The first kappa shape index (κ1) is 21.4. The molecule has 0 aromatic heterocycles. The first-order valence-corrected chi connectivity index (χ1v) is 9.92. The molecule has 0 heterocycles. The van der Waals surface area contributed by atoms with Gasteiger partial charge in [0.25, 0.3) is 0 Å². The van der Waals surface area contributed by atoms with Crippen molar-refractivity contribution < 1.29 is 14.3 Å². The van der Waals surface area contributed by atoms with E-state index in [-0.39, 0.29) is 5.91 Å². The highest BCUT2D eigenvalue weighted by molar-refractivity contribution is 5.92. The van der Waals surface area contributed by atoms with E-state index in [9.17, 15) is 4.79 Å². The number of carbonyl (C=O) groups excluding carboxylic acids is 1. The first-order chi connectivity index (χ1) is 14.5. The van der Waals surface area contributed by atoms with E-state index in [4.69, 9.17) is 9.47 Å². The predicted molar refractivity (Wildman–Crippen MR) is 120 cm³/mol. The zero-order chi connectivity index (χ0) is 21.3. The van der Waals surface area contributed by atoms with Crippen molar-refractivity contribution in [3.05, 3.63) is 89.5 Å². The van der Waals surface area contributed by atoms with Crippen molar-refractivity contribution in [3.63, 3.8) is 0 Å². The fourth-order valence-corrected chi connectivity index (χ4v) is 3.20. The van der Waals surface area contributed by atoms with E-state index < -0.39 is 0 Å². The summed E-state index contributed by atoms with van der Waals surface area (Å²) in [5.41, 5.74) is 4.07. The van der Waals surface area contributed by atoms with Gasteiger partial charge in [-0.25, -0.2) is 0 Å². The van der Waals surface area contributed by atoms with E-state index in [0.717, 1.165) is 22.4 Å². The molecule has 0 unspecified atom stereocenters. The highest BCUT2D eigenvalue weighted by Gasteiger charge is 2.11. The highest BCUT2D eigenvalue weighted by Crippen LogP contribution is 2.29. The van der Waals surface area contributed by atoms with Crippen LogP contribution in [0.4, 0.5) is 5.69 Å². The highest BCUT2D eigenvalue weighted by atomic mass is 16.5. The van der Waals surface area contributed by atoms with Gasteiger partial charge in [-0.05, 0) is 54.9 Å². The number of methoxy groups -OCH3 is 1. The summed E-state index contributed by atoms with van der Waals surface area (Å²) in [6.07, 6.45) is 0. The van der Waals surface area contributed by atoms with Gasteiger partial charge >= 0.3 is 0 Å². The number of hydrogen-bond acceptors (Lipinski definition) is 4. The molecule has 5 nitrogen and oxygen atoms in total. The summed E-state index contributed by atoms with van der Waals surface area (Å²) < 4.78 is 11.4. The van der Waals surface area contributed by atoms with Crippen LogP contribution >= 0.6 is 0 Å². The molecule has 0 radical (unpaired) electrons. The van der Waals surface area contributed by atoms with Crippen molar-refractivity contribution in [1.82, 2.24) is 4.90 Å². The lowest BCUT2D eigenvalue weighted by atomic mass is 10.2. The Bertz CT molecular complexity index is 973. The number of rotatable bonds is 9. The number of ether oxygens (including phenoxy) is 2. The molecular formula is C25H28N2O3. The topological polar surface area (TPSA) is 50.8 Å². The predicted octanol–water partition coefficient (Wildman–Crippen LogP) is 4.65. The largest absolute Gasteiger partial charge is 0.493 e. The summed E-state index contributed by atoms with van der Waals surface area (Å²) in [4.78, 5) is 14.3. The Kier molecular flexibility index (Phi) is 7.46. The SMILES string of the molecule is COc1cc(CN(C)CC(=O)Nc2cccc(C)c2)ccc1OCc1ccccc1. The van der Waals surface area contributed by atoms with E-state index in [0.29, 0.717) is 31.2 Å². The number of amides is 1. The molecule has 3 aromatic rings. The summed E-state index contributed by atoms with van der Waals surface area (Å²) in [7, 11) is 3.55. The van der Waals surface area contributed by atoms with Crippen LogP contribution in [0.5, 0.6) is 11.5 Å². The second-order valence-corrected chi connectivity index (χ2v) is 7.35. The number of nitrogens with one attached hydrogen (secondary N) is 1. The number of nitrogens with zero attached hydrogens (tertiary/aromatic N) is 1. The normalized spacial score (nSPS) is 10.7. The molecule has 0 aliphatic carbocycles. The van der Waals surface area contributed by atoms with Gasteiger partial charge in [-0.3, -0.25) is 9.69 Å². The lowest BCUT2D eigenvalue weighted by molar-refractivity contribution is -0.117. The van der Waals surface area contributed by atoms with Gasteiger partial charge in [0.05, 0.1) is 13.7 Å². The van der Waals surface area contributed by atoms with E-state index in [1.807, 2.05) is 91.7 Å². The minimum absolute atomic E-state index is 0.0436. The Morgan fingerprint density at radius 2 is 1.73 bits per heavy atom. The van der Waals surface area contributed by atoms with E-state index >= 15 is 0 Å². The van der Waals surface area contributed by atoms with Gasteiger partial charge in [-0.1, -0.05) is 48.5 Å². The Hall–Kier alpha value is -3.31. The Morgan fingerprint density at radius 1 is 0.933 bits per heavy atom. The van der Waals surface area contributed by atoms with Gasteiger partial charge in [0, 0.05) is 12.2 Å². The molecule has 0 saturated carbocycles. The maximum atomic E-state index is 12.3. The van der Waals surface area contributed by atoms with E-state index in [1.165, 1.54) is 0 Å². The molecule has 0 saturated heterocycles. The number of anilines is 1. The third-order valence-corrected chi connectivity index (χ3v) is 4.63. The van der Waals surface area contributed by atoms with Crippen molar-refractivity contribution in [2.45, 2.75) is 20.1 Å². The van der Waals surface area contributed by atoms with Gasteiger partial charge in [0.15, 0.2) is 11.5 Å². The van der Waals surface area contributed by atoms with Crippen LogP contribution in [0.1, 0.15) is 16.7 Å². The lowest BCUT2D eigenvalue weighted by Gasteiger charge is -2.18. The average Bonchev–Trinajstić information content (AvgIpc) is 2.73. The molecule has 0 spiro atoms. The van der Waals surface area contributed by atoms with Crippen LogP contribution in [0, 0.1) is 6.92 Å². The molecule has 3 aromatic carbocycles. The molecular weight excluding hydrogens is 376 g/mol. The summed E-state index contributed by atoms with van der Waals surface area (Å²) in [5.74, 6) is 1.34. The first-order valence-electron chi connectivity index (χ1n) is 9.92. The number of carbonyl (C=O) groups is 1.